The van der Waals surface area contributed by atoms with Crippen molar-refractivity contribution in [3.63, 3.8) is 0 Å². The van der Waals surface area contributed by atoms with Gasteiger partial charge >= 0.3 is 0 Å². The predicted octanol–water partition coefficient (Wildman–Crippen LogP) is 8.03. The highest BCUT2D eigenvalue weighted by molar-refractivity contribution is 6.08. The molecule has 0 saturated heterocycles. The number of para-hydroxylation sites is 1. The number of amides is 1. The number of unbranched alkanes of at least 4 members (excludes halogenated alkanes) is 3. The number of hydrogen-bond acceptors (Lipinski definition) is 3. The van der Waals surface area contributed by atoms with Gasteiger partial charge in [-0.05, 0) is 85.9 Å². The zero-order valence-corrected chi connectivity index (χ0v) is 22.9. The van der Waals surface area contributed by atoms with Gasteiger partial charge in [-0.15, -0.1) is 0 Å². The van der Waals surface area contributed by atoms with Crippen LogP contribution in [0, 0.1) is 0 Å². The number of carbonyl (C=O) groups is 1. The van der Waals surface area contributed by atoms with Crippen LogP contribution in [0.25, 0.3) is 16.7 Å². The summed E-state index contributed by atoms with van der Waals surface area (Å²) >= 11 is 0. The summed E-state index contributed by atoms with van der Waals surface area (Å²) in [5.41, 5.74) is 5.13. The Labute approximate surface area is 225 Å². The van der Waals surface area contributed by atoms with Gasteiger partial charge < -0.3 is 14.6 Å². The third-order valence-electron chi connectivity index (χ3n) is 7.87. The van der Waals surface area contributed by atoms with Crippen LogP contribution >= 0.6 is 0 Å². The molecule has 200 valence electrons. The molecule has 0 spiro atoms. The maximum atomic E-state index is 13.9. The molecule has 2 saturated carbocycles. The highest BCUT2D eigenvalue weighted by atomic mass is 16.5. The van der Waals surface area contributed by atoms with Crippen LogP contribution in [0.15, 0.2) is 58.9 Å². The van der Waals surface area contributed by atoms with E-state index in [0.29, 0.717) is 24.4 Å². The van der Waals surface area contributed by atoms with E-state index in [9.17, 15) is 9.59 Å². The Morgan fingerprint density at radius 3 is 2.39 bits per heavy atom. The van der Waals surface area contributed by atoms with Gasteiger partial charge in [-0.3, -0.25) is 9.59 Å². The minimum atomic E-state index is -0.305. The molecule has 0 radical (unpaired) electrons. The average molecular weight is 513 g/mol. The Morgan fingerprint density at radius 2 is 1.74 bits per heavy atom. The minimum Gasteiger partial charge on any atom is -0.493 e. The number of pyridine rings is 1. The summed E-state index contributed by atoms with van der Waals surface area (Å²) in [6.45, 7) is 5.63. The van der Waals surface area contributed by atoms with Crippen molar-refractivity contribution in [1.29, 1.82) is 0 Å². The molecule has 0 aliphatic heterocycles. The fourth-order valence-corrected chi connectivity index (χ4v) is 5.47. The number of fused-ring (bicyclic) bond motifs is 1. The Hall–Kier alpha value is -3.34. The van der Waals surface area contributed by atoms with E-state index in [1.165, 1.54) is 5.57 Å². The third-order valence-corrected chi connectivity index (χ3v) is 7.87. The van der Waals surface area contributed by atoms with Crippen LogP contribution in [0.2, 0.25) is 0 Å². The highest BCUT2D eigenvalue weighted by Gasteiger charge is 2.30. The Kier molecular flexibility index (Phi) is 8.31. The van der Waals surface area contributed by atoms with Gasteiger partial charge in [-0.2, -0.15) is 0 Å². The second kappa shape index (κ2) is 12.0. The predicted molar refractivity (Wildman–Crippen MR) is 156 cm³/mol. The van der Waals surface area contributed by atoms with Crippen molar-refractivity contribution in [3.05, 3.63) is 81.1 Å². The molecule has 2 aliphatic rings. The summed E-state index contributed by atoms with van der Waals surface area (Å²) in [6.07, 6.45) is 10.6. The van der Waals surface area contributed by atoms with Crippen molar-refractivity contribution in [3.8, 4) is 0 Å². The summed E-state index contributed by atoms with van der Waals surface area (Å²) < 4.78 is 7.86. The Balaban J connectivity index is 1.47. The van der Waals surface area contributed by atoms with Crippen molar-refractivity contribution in [1.82, 2.24) is 4.57 Å². The van der Waals surface area contributed by atoms with Crippen LogP contribution in [0.5, 0.6) is 0 Å². The average Bonchev–Trinajstić information content (AvgIpc) is 3.73. The van der Waals surface area contributed by atoms with E-state index < -0.39 is 0 Å². The SMILES string of the molecule is CCCCCCn1c(=O)c(C(=O)Nc2ccc(C(OCCC)=C3CC3)cc2)c(C2CCC2)c2ccccc21. The first-order valence-electron chi connectivity index (χ1n) is 14.5. The van der Waals surface area contributed by atoms with Crippen LogP contribution < -0.4 is 10.9 Å². The summed E-state index contributed by atoms with van der Waals surface area (Å²) in [5, 5.41) is 4.10. The number of hydrogen-bond donors (Lipinski definition) is 1. The maximum Gasteiger partial charge on any atom is 0.264 e. The second-order valence-corrected chi connectivity index (χ2v) is 10.8. The van der Waals surface area contributed by atoms with E-state index in [4.69, 9.17) is 4.74 Å². The van der Waals surface area contributed by atoms with Crippen molar-refractivity contribution in [2.75, 3.05) is 11.9 Å². The van der Waals surface area contributed by atoms with Crippen LogP contribution in [-0.2, 0) is 11.3 Å². The number of nitrogens with one attached hydrogen (secondary N) is 1. The molecule has 1 aromatic heterocycles. The summed E-state index contributed by atoms with van der Waals surface area (Å²) in [6, 6.07) is 16.0. The number of anilines is 1. The fraction of sp³-hybridized carbons (Fsp3) is 0.455. The molecule has 2 fully saturated rings. The lowest BCUT2D eigenvalue weighted by molar-refractivity contribution is 0.102. The first kappa shape index (κ1) is 26.3. The summed E-state index contributed by atoms with van der Waals surface area (Å²) in [4.78, 5) is 27.7. The lowest BCUT2D eigenvalue weighted by atomic mass is 9.76. The number of carbonyl (C=O) groups excluding carboxylic acids is 1. The van der Waals surface area contributed by atoms with E-state index in [0.717, 1.165) is 92.0 Å². The smallest absolute Gasteiger partial charge is 0.264 e. The molecule has 0 bridgehead atoms. The topological polar surface area (TPSA) is 60.3 Å². The minimum absolute atomic E-state index is 0.162. The molecule has 5 rings (SSSR count). The molecule has 1 amide bonds. The van der Waals surface area contributed by atoms with Crippen LogP contribution in [0.4, 0.5) is 5.69 Å². The molecule has 5 heteroatoms. The number of rotatable bonds is 12. The number of ether oxygens (including phenoxy) is 1. The lowest BCUT2D eigenvalue weighted by Crippen LogP contribution is -2.33. The molecule has 5 nitrogen and oxygen atoms in total. The number of aryl methyl sites for hydroxylation is 1. The second-order valence-electron chi connectivity index (χ2n) is 10.8. The Morgan fingerprint density at radius 1 is 0.974 bits per heavy atom. The van der Waals surface area contributed by atoms with Crippen molar-refractivity contribution < 1.29 is 9.53 Å². The van der Waals surface area contributed by atoms with E-state index in [2.05, 4.69) is 25.2 Å². The fourth-order valence-electron chi connectivity index (χ4n) is 5.47. The number of benzene rings is 2. The van der Waals surface area contributed by atoms with Gasteiger partial charge in [0.15, 0.2) is 0 Å². The van der Waals surface area contributed by atoms with Crippen molar-refractivity contribution >= 4 is 28.3 Å². The molecule has 0 atom stereocenters. The first-order valence-corrected chi connectivity index (χ1v) is 14.5. The molecule has 3 aromatic rings. The molecule has 2 aromatic carbocycles. The van der Waals surface area contributed by atoms with Gasteiger partial charge in [0.25, 0.3) is 11.5 Å². The molecule has 2 aliphatic carbocycles. The van der Waals surface area contributed by atoms with Gasteiger partial charge in [0.2, 0.25) is 0 Å². The van der Waals surface area contributed by atoms with Gasteiger partial charge in [-0.25, -0.2) is 0 Å². The van der Waals surface area contributed by atoms with Gasteiger partial charge in [0.05, 0.1) is 12.1 Å². The molecule has 1 N–H and O–H groups in total. The van der Waals surface area contributed by atoms with E-state index >= 15 is 0 Å². The van der Waals surface area contributed by atoms with Crippen LogP contribution in [0.1, 0.15) is 105 Å². The lowest BCUT2D eigenvalue weighted by Gasteiger charge is -2.29. The largest absolute Gasteiger partial charge is 0.493 e. The first-order chi connectivity index (χ1) is 18.6. The summed E-state index contributed by atoms with van der Waals surface area (Å²) in [7, 11) is 0. The monoisotopic (exact) mass is 512 g/mol. The normalized spacial score (nSPS) is 14.8. The Bertz CT molecular complexity index is 1370. The zero-order valence-electron chi connectivity index (χ0n) is 22.9. The van der Waals surface area contributed by atoms with Crippen LogP contribution in [0.3, 0.4) is 0 Å². The molecular weight excluding hydrogens is 472 g/mol. The number of allylic oxidation sites excluding steroid dienone is 1. The molecule has 0 unspecified atom stereocenters. The van der Waals surface area contributed by atoms with E-state index in [-0.39, 0.29) is 17.4 Å². The maximum absolute atomic E-state index is 13.9. The summed E-state index contributed by atoms with van der Waals surface area (Å²) in [5.74, 6) is 0.937. The van der Waals surface area contributed by atoms with Gasteiger partial charge in [0, 0.05) is 23.2 Å². The molecule has 38 heavy (non-hydrogen) atoms. The zero-order chi connectivity index (χ0) is 26.5. The number of aromatic nitrogens is 1. The number of nitrogens with zero attached hydrogens (tertiary/aromatic N) is 1. The van der Waals surface area contributed by atoms with E-state index in [1.807, 2.05) is 47.0 Å². The highest BCUT2D eigenvalue weighted by Crippen LogP contribution is 2.41. The standard InChI is InChI=1S/C33H40N2O3/c1-3-5-6-9-21-35-28-14-8-7-13-27(28)29(23-11-10-12-23)30(33(35)37)32(36)34-26-19-17-25(18-20-26)31(24-15-16-24)38-22-4-2/h7-8,13-14,17-20,23H,3-6,9-12,15-16,21-22H2,1-2H3,(H,34,36). The third kappa shape index (κ3) is 5.57. The molecule has 1 heterocycles. The quantitative estimate of drug-likeness (QED) is 0.197. The van der Waals surface area contributed by atoms with Gasteiger partial charge in [-0.1, -0.05) is 57.7 Å². The van der Waals surface area contributed by atoms with Crippen LogP contribution in [-0.4, -0.2) is 17.1 Å². The van der Waals surface area contributed by atoms with Gasteiger partial charge in [0.1, 0.15) is 11.3 Å². The van der Waals surface area contributed by atoms with E-state index in [1.54, 1.807) is 0 Å². The van der Waals surface area contributed by atoms with Crippen molar-refractivity contribution in [2.45, 2.75) is 90.5 Å². The molecular formula is C33H40N2O3. The van der Waals surface area contributed by atoms with Crippen molar-refractivity contribution in [2.24, 2.45) is 0 Å².